The van der Waals surface area contributed by atoms with Crippen LogP contribution in [0, 0.1) is 0 Å². The predicted molar refractivity (Wildman–Crippen MR) is 110 cm³/mol. The van der Waals surface area contributed by atoms with Crippen LogP contribution >= 0.6 is 22.9 Å². The molecule has 0 radical (unpaired) electrons. The van der Waals surface area contributed by atoms with Crippen molar-refractivity contribution in [3.05, 3.63) is 45.6 Å². The number of amides is 2. The van der Waals surface area contributed by atoms with E-state index in [0.29, 0.717) is 31.8 Å². The average Bonchev–Trinajstić information content (AvgIpc) is 3.12. The largest absolute Gasteiger partial charge is 0.482 e. The fourth-order valence-electron chi connectivity index (χ4n) is 3.58. The molecule has 148 valence electrons. The van der Waals surface area contributed by atoms with Gasteiger partial charge < -0.3 is 14.5 Å². The summed E-state index contributed by atoms with van der Waals surface area (Å²) < 4.78 is 6.26. The van der Waals surface area contributed by atoms with E-state index in [1.807, 2.05) is 35.2 Å². The van der Waals surface area contributed by atoms with Crippen LogP contribution in [0.15, 0.2) is 36.4 Å². The second-order valence-electron chi connectivity index (χ2n) is 6.91. The maximum atomic E-state index is 12.7. The van der Waals surface area contributed by atoms with E-state index in [2.05, 4.69) is 11.0 Å². The molecule has 2 aliphatic heterocycles. The lowest BCUT2D eigenvalue weighted by molar-refractivity contribution is -0.132. The molecule has 0 spiro atoms. The Morgan fingerprint density at radius 1 is 1.11 bits per heavy atom. The first-order valence-corrected chi connectivity index (χ1v) is 10.6. The second kappa shape index (κ2) is 8.51. The molecule has 3 heterocycles. The van der Waals surface area contributed by atoms with Crippen molar-refractivity contribution in [3.8, 4) is 5.75 Å². The third kappa shape index (κ3) is 4.32. The molecule has 1 saturated heterocycles. The first-order chi connectivity index (χ1) is 13.6. The zero-order valence-electron chi connectivity index (χ0n) is 15.5. The highest BCUT2D eigenvalue weighted by Gasteiger charge is 2.27. The highest BCUT2D eigenvalue weighted by atomic mass is 35.5. The first kappa shape index (κ1) is 19.2. The molecule has 1 aromatic heterocycles. The smallest absolute Gasteiger partial charge is 0.265 e. The molecule has 8 heteroatoms. The van der Waals surface area contributed by atoms with Crippen LogP contribution in [-0.4, -0.2) is 60.9 Å². The van der Waals surface area contributed by atoms with Crippen molar-refractivity contribution in [2.45, 2.75) is 13.0 Å². The molecule has 6 nitrogen and oxygen atoms in total. The summed E-state index contributed by atoms with van der Waals surface area (Å²) in [7, 11) is 0. The standard InChI is InChI=1S/C20H22ClN3O3S/c21-18-6-5-15(28-18)13-22-9-11-23(12-10-22)19(25)7-8-24-16-3-1-2-4-17(16)27-14-20(24)26/h1-6H,7-14H2. The van der Waals surface area contributed by atoms with E-state index in [4.69, 9.17) is 16.3 Å². The van der Waals surface area contributed by atoms with Gasteiger partial charge in [-0.3, -0.25) is 14.5 Å². The van der Waals surface area contributed by atoms with Crippen molar-refractivity contribution in [3.63, 3.8) is 0 Å². The number of rotatable bonds is 5. The van der Waals surface area contributed by atoms with Crippen LogP contribution in [0.3, 0.4) is 0 Å². The molecule has 0 bridgehead atoms. The predicted octanol–water partition coefficient (Wildman–Crippen LogP) is 2.86. The molecule has 1 fully saturated rings. The highest BCUT2D eigenvalue weighted by Crippen LogP contribution is 2.31. The van der Waals surface area contributed by atoms with Crippen molar-refractivity contribution >= 4 is 40.4 Å². The minimum absolute atomic E-state index is 0.0244. The maximum absolute atomic E-state index is 12.7. The van der Waals surface area contributed by atoms with Gasteiger partial charge in [0.1, 0.15) is 5.75 Å². The Kier molecular flexibility index (Phi) is 5.85. The summed E-state index contributed by atoms with van der Waals surface area (Å²) in [5.74, 6) is 0.679. The summed E-state index contributed by atoms with van der Waals surface area (Å²) in [5, 5.41) is 0. The first-order valence-electron chi connectivity index (χ1n) is 9.37. The van der Waals surface area contributed by atoms with Crippen LogP contribution in [0.2, 0.25) is 4.34 Å². The molecule has 28 heavy (non-hydrogen) atoms. The second-order valence-corrected chi connectivity index (χ2v) is 8.71. The third-order valence-corrected chi connectivity index (χ3v) is 6.31. The number of fused-ring (bicyclic) bond motifs is 1. The lowest BCUT2D eigenvalue weighted by Crippen LogP contribution is -2.49. The van der Waals surface area contributed by atoms with E-state index in [1.165, 1.54) is 4.88 Å². The Morgan fingerprint density at radius 3 is 2.64 bits per heavy atom. The number of hydrogen-bond donors (Lipinski definition) is 0. The monoisotopic (exact) mass is 419 g/mol. The van der Waals surface area contributed by atoms with Crippen molar-refractivity contribution in [1.29, 1.82) is 0 Å². The topological polar surface area (TPSA) is 53.1 Å². The van der Waals surface area contributed by atoms with Crippen molar-refractivity contribution in [2.75, 3.05) is 44.2 Å². The van der Waals surface area contributed by atoms with Gasteiger partial charge in [-0.15, -0.1) is 11.3 Å². The lowest BCUT2D eigenvalue weighted by Gasteiger charge is -2.35. The number of hydrogen-bond acceptors (Lipinski definition) is 5. The van der Waals surface area contributed by atoms with Crippen LogP contribution < -0.4 is 9.64 Å². The zero-order chi connectivity index (χ0) is 19.5. The number of nitrogens with zero attached hydrogens (tertiary/aromatic N) is 3. The Morgan fingerprint density at radius 2 is 1.89 bits per heavy atom. The van der Waals surface area contributed by atoms with Crippen LogP contribution in [0.1, 0.15) is 11.3 Å². The van der Waals surface area contributed by atoms with E-state index in [1.54, 1.807) is 16.2 Å². The van der Waals surface area contributed by atoms with Gasteiger partial charge in [-0.05, 0) is 24.3 Å². The van der Waals surface area contributed by atoms with Gasteiger partial charge in [0.05, 0.1) is 10.0 Å². The number of halogens is 1. The Balaban J connectivity index is 1.28. The molecule has 2 amide bonds. The molecule has 0 saturated carbocycles. The molecule has 0 unspecified atom stereocenters. The molecule has 1 aromatic carbocycles. The summed E-state index contributed by atoms with van der Waals surface area (Å²) in [6.45, 7) is 4.40. The molecule has 0 N–H and O–H groups in total. The SMILES string of the molecule is O=C(CCN1C(=O)COc2ccccc21)N1CCN(Cc2ccc(Cl)s2)CC1. The number of ether oxygens (including phenoxy) is 1. The van der Waals surface area contributed by atoms with E-state index in [0.717, 1.165) is 29.7 Å². The molecule has 4 rings (SSSR count). The van der Waals surface area contributed by atoms with Gasteiger partial charge in [0.2, 0.25) is 5.91 Å². The van der Waals surface area contributed by atoms with Gasteiger partial charge in [0.15, 0.2) is 6.61 Å². The highest BCUT2D eigenvalue weighted by molar-refractivity contribution is 7.16. The van der Waals surface area contributed by atoms with Gasteiger partial charge in [0.25, 0.3) is 5.91 Å². The van der Waals surface area contributed by atoms with E-state index in [9.17, 15) is 9.59 Å². The zero-order valence-corrected chi connectivity index (χ0v) is 17.0. The number of carbonyl (C=O) groups excluding carboxylic acids is 2. The molecule has 2 aromatic rings. The lowest BCUT2D eigenvalue weighted by atomic mass is 10.2. The summed E-state index contributed by atoms with van der Waals surface area (Å²) in [5.41, 5.74) is 0.742. The fourth-order valence-corrected chi connectivity index (χ4v) is 4.71. The fraction of sp³-hybridized carbons (Fsp3) is 0.400. The van der Waals surface area contributed by atoms with Crippen LogP contribution in [-0.2, 0) is 16.1 Å². The number of thiophene rings is 1. The summed E-state index contributed by atoms with van der Waals surface area (Å²) in [4.78, 5) is 32.0. The molecular formula is C20H22ClN3O3S. The van der Waals surface area contributed by atoms with Crippen LogP contribution in [0.4, 0.5) is 5.69 Å². The molecular weight excluding hydrogens is 398 g/mol. The van der Waals surface area contributed by atoms with Gasteiger partial charge >= 0.3 is 0 Å². The van der Waals surface area contributed by atoms with Crippen molar-refractivity contribution in [1.82, 2.24) is 9.80 Å². The molecule has 0 atom stereocenters. The number of anilines is 1. The van der Waals surface area contributed by atoms with Gasteiger partial charge in [-0.2, -0.15) is 0 Å². The molecule has 2 aliphatic rings. The maximum Gasteiger partial charge on any atom is 0.265 e. The quantitative estimate of drug-likeness (QED) is 0.747. The summed E-state index contributed by atoms with van der Waals surface area (Å²) >= 11 is 7.60. The summed E-state index contributed by atoms with van der Waals surface area (Å²) in [6, 6.07) is 11.4. The summed E-state index contributed by atoms with van der Waals surface area (Å²) in [6.07, 6.45) is 0.320. The van der Waals surface area contributed by atoms with E-state index in [-0.39, 0.29) is 18.4 Å². The Hall–Kier alpha value is -2.09. The van der Waals surface area contributed by atoms with E-state index < -0.39 is 0 Å². The van der Waals surface area contributed by atoms with Gasteiger partial charge in [0, 0.05) is 50.6 Å². The minimum atomic E-state index is -0.106. The minimum Gasteiger partial charge on any atom is -0.482 e. The number of carbonyl (C=O) groups is 2. The third-order valence-electron chi connectivity index (χ3n) is 5.09. The number of benzene rings is 1. The Bertz CT molecular complexity index is 864. The van der Waals surface area contributed by atoms with Crippen molar-refractivity contribution in [2.24, 2.45) is 0 Å². The van der Waals surface area contributed by atoms with Gasteiger partial charge in [-0.1, -0.05) is 23.7 Å². The Labute approximate surface area is 173 Å². The van der Waals surface area contributed by atoms with E-state index >= 15 is 0 Å². The molecule has 0 aliphatic carbocycles. The van der Waals surface area contributed by atoms with Crippen molar-refractivity contribution < 1.29 is 14.3 Å². The van der Waals surface area contributed by atoms with Crippen LogP contribution in [0.25, 0.3) is 0 Å². The van der Waals surface area contributed by atoms with Gasteiger partial charge in [-0.25, -0.2) is 0 Å². The normalized spacial score (nSPS) is 17.4. The number of para-hydroxylation sites is 2. The van der Waals surface area contributed by atoms with Crippen LogP contribution in [0.5, 0.6) is 5.75 Å². The number of piperazine rings is 1. The average molecular weight is 420 g/mol.